The third-order valence-corrected chi connectivity index (χ3v) is 4.83. The number of H-pyrrole nitrogens is 1. The molecule has 0 atom stereocenters. The molecule has 0 aliphatic carbocycles. The minimum absolute atomic E-state index is 0.129. The van der Waals surface area contributed by atoms with E-state index >= 15 is 0 Å². The Morgan fingerprint density at radius 2 is 1.97 bits per heavy atom. The normalized spacial score (nSPS) is 13.2. The molecule has 0 saturated carbocycles. The van der Waals surface area contributed by atoms with Crippen molar-refractivity contribution in [3.05, 3.63) is 75.1 Å². The standard InChI is InChI=1S/C20H18N4O5/c21-17(26)11-1-3-12(4-2-11)18-22-15-9-24(8-7-14(15)19(27)23-18)20(28)16-6-5-13(10-25)29-16/h1-6,25H,7-10H2,(H2,21,26)(H,22,23,27). The van der Waals surface area contributed by atoms with E-state index in [-0.39, 0.29) is 30.4 Å². The fourth-order valence-corrected chi connectivity index (χ4v) is 3.28. The van der Waals surface area contributed by atoms with E-state index in [0.717, 1.165) is 0 Å². The highest BCUT2D eigenvalue weighted by molar-refractivity contribution is 5.93. The predicted octanol–water partition coefficient (Wildman–Crippen LogP) is 0.820. The zero-order chi connectivity index (χ0) is 20.5. The molecule has 4 N–H and O–H groups in total. The van der Waals surface area contributed by atoms with Crippen molar-refractivity contribution in [2.75, 3.05) is 6.54 Å². The first kappa shape index (κ1) is 18.6. The van der Waals surface area contributed by atoms with Gasteiger partial charge in [0.1, 0.15) is 18.2 Å². The maximum absolute atomic E-state index is 12.7. The Kier molecular flexibility index (Phi) is 4.73. The van der Waals surface area contributed by atoms with Gasteiger partial charge in [0, 0.05) is 23.2 Å². The van der Waals surface area contributed by atoms with Crippen molar-refractivity contribution in [3.63, 3.8) is 0 Å². The van der Waals surface area contributed by atoms with Crippen LogP contribution in [0.4, 0.5) is 0 Å². The predicted molar refractivity (Wildman–Crippen MR) is 102 cm³/mol. The van der Waals surface area contributed by atoms with Gasteiger partial charge in [-0.3, -0.25) is 14.4 Å². The number of primary amides is 1. The van der Waals surface area contributed by atoms with Crippen molar-refractivity contribution < 1.29 is 19.1 Å². The number of nitrogens with one attached hydrogen (secondary N) is 1. The quantitative estimate of drug-likeness (QED) is 0.598. The fraction of sp³-hybridized carbons (Fsp3) is 0.200. The molecule has 1 aliphatic rings. The number of furan rings is 1. The third kappa shape index (κ3) is 3.55. The Labute approximate surface area is 164 Å². The summed E-state index contributed by atoms with van der Waals surface area (Å²) in [5.74, 6) is -0.0871. The van der Waals surface area contributed by atoms with Gasteiger partial charge in [0.05, 0.1) is 12.2 Å². The van der Waals surface area contributed by atoms with Crippen molar-refractivity contribution in [3.8, 4) is 11.4 Å². The van der Waals surface area contributed by atoms with Crippen LogP contribution in [0.25, 0.3) is 11.4 Å². The lowest BCUT2D eigenvalue weighted by Gasteiger charge is -2.27. The van der Waals surface area contributed by atoms with Gasteiger partial charge < -0.3 is 25.1 Å². The minimum atomic E-state index is -0.542. The van der Waals surface area contributed by atoms with Crippen LogP contribution in [0.2, 0.25) is 0 Å². The number of carbonyl (C=O) groups excluding carboxylic acids is 2. The zero-order valence-corrected chi connectivity index (χ0v) is 15.3. The maximum Gasteiger partial charge on any atom is 0.289 e. The SMILES string of the molecule is NC(=O)c1ccc(-c2nc3c(c(=O)[nH]2)CCN(C(=O)c2ccc(CO)o2)C3)cc1. The van der Waals surface area contributed by atoms with Crippen LogP contribution in [-0.2, 0) is 19.6 Å². The molecule has 148 valence electrons. The van der Waals surface area contributed by atoms with Crippen LogP contribution in [0, 0.1) is 0 Å². The summed E-state index contributed by atoms with van der Waals surface area (Å²) < 4.78 is 5.32. The minimum Gasteiger partial charge on any atom is -0.453 e. The van der Waals surface area contributed by atoms with E-state index in [2.05, 4.69) is 9.97 Å². The molecule has 1 aliphatic heterocycles. The molecule has 9 heteroatoms. The third-order valence-electron chi connectivity index (χ3n) is 4.83. The highest BCUT2D eigenvalue weighted by atomic mass is 16.4. The molecule has 0 unspecified atom stereocenters. The number of aromatic amines is 1. The molecule has 2 amide bonds. The van der Waals surface area contributed by atoms with Crippen LogP contribution >= 0.6 is 0 Å². The Morgan fingerprint density at radius 3 is 2.62 bits per heavy atom. The van der Waals surface area contributed by atoms with Crippen molar-refractivity contribution in [2.45, 2.75) is 19.6 Å². The smallest absolute Gasteiger partial charge is 0.289 e. The fourth-order valence-electron chi connectivity index (χ4n) is 3.28. The Hall–Kier alpha value is -3.72. The van der Waals surface area contributed by atoms with E-state index in [0.29, 0.717) is 46.9 Å². The van der Waals surface area contributed by atoms with E-state index in [1.165, 1.54) is 6.07 Å². The number of aliphatic hydroxyl groups is 1. The monoisotopic (exact) mass is 394 g/mol. The molecule has 0 bridgehead atoms. The second kappa shape index (κ2) is 7.36. The number of hydrogen-bond donors (Lipinski definition) is 3. The molecule has 3 aromatic rings. The highest BCUT2D eigenvalue weighted by Gasteiger charge is 2.27. The number of aromatic nitrogens is 2. The molecule has 2 aromatic heterocycles. The van der Waals surface area contributed by atoms with E-state index in [4.69, 9.17) is 15.3 Å². The number of hydrogen-bond acceptors (Lipinski definition) is 6. The van der Waals surface area contributed by atoms with Crippen molar-refractivity contribution in [1.29, 1.82) is 0 Å². The average molecular weight is 394 g/mol. The summed E-state index contributed by atoms with van der Waals surface area (Å²) in [7, 11) is 0. The molecule has 4 rings (SSSR count). The molecule has 3 heterocycles. The molecule has 0 fully saturated rings. The van der Waals surface area contributed by atoms with Gasteiger partial charge in [-0.2, -0.15) is 0 Å². The maximum atomic E-state index is 12.7. The van der Waals surface area contributed by atoms with Crippen LogP contribution in [0.3, 0.4) is 0 Å². The van der Waals surface area contributed by atoms with Gasteiger partial charge in [-0.25, -0.2) is 4.98 Å². The Balaban J connectivity index is 1.62. The first-order valence-corrected chi connectivity index (χ1v) is 8.97. The molecule has 9 nitrogen and oxygen atoms in total. The molecule has 0 saturated heterocycles. The van der Waals surface area contributed by atoms with Crippen LogP contribution in [0.1, 0.15) is 37.9 Å². The number of rotatable bonds is 4. The summed E-state index contributed by atoms with van der Waals surface area (Å²) in [5, 5.41) is 9.10. The van der Waals surface area contributed by atoms with Gasteiger partial charge in [0.25, 0.3) is 11.5 Å². The lowest BCUT2D eigenvalue weighted by Crippen LogP contribution is -2.39. The van der Waals surface area contributed by atoms with Crippen molar-refractivity contribution in [2.24, 2.45) is 5.73 Å². The van der Waals surface area contributed by atoms with Crippen LogP contribution in [0.5, 0.6) is 0 Å². The number of nitrogens with two attached hydrogens (primary N) is 1. The van der Waals surface area contributed by atoms with Gasteiger partial charge in [0.2, 0.25) is 5.91 Å². The number of carbonyl (C=O) groups is 2. The number of aliphatic hydroxyl groups excluding tert-OH is 1. The Morgan fingerprint density at radius 1 is 1.21 bits per heavy atom. The lowest BCUT2D eigenvalue weighted by molar-refractivity contribution is 0.0694. The van der Waals surface area contributed by atoms with Gasteiger partial charge in [-0.05, 0) is 30.7 Å². The summed E-state index contributed by atoms with van der Waals surface area (Å²) in [6.45, 7) is 0.239. The van der Waals surface area contributed by atoms with Crippen molar-refractivity contribution >= 4 is 11.8 Å². The summed E-state index contributed by atoms with van der Waals surface area (Å²) in [5.41, 5.74) is 7.02. The molecule has 1 aromatic carbocycles. The van der Waals surface area contributed by atoms with Crippen molar-refractivity contribution in [1.82, 2.24) is 14.9 Å². The zero-order valence-electron chi connectivity index (χ0n) is 15.3. The van der Waals surface area contributed by atoms with E-state index < -0.39 is 5.91 Å². The van der Waals surface area contributed by atoms with E-state index in [1.54, 1.807) is 35.2 Å². The highest BCUT2D eigenvalue weighted by Crippen LogP contribution is 2.21. The van der Waals surface area contributed by atoms with Gasteiger partial charge >= 0.3 is 0 Å². The first-order chi connectivity index (χ1) is 14.0. The molecular weight excluding hydrogens is 376 g/mol. The molecule has 0 spiro atoms. The molecular formula is C20H18N4O5. The van der Waals surface area contributed by atoms with E-state index in [1.807, 2.05) is 0 Å². The number of amides is 2. The summed E-state index contributed by atoms with van der Waals surface area (Å²) in [6, 6.07) is 9.47. The van der Waals surface area contributed by atoms with Gasteiger partial charge in [-0.15, -0.1) is 0 Å². The number of fused-ring (bicyclic) bond motifs is 1. The topological polar surface area (TPSA) is 143 Å². The second-order valence-corrected chi connectivity index (χ2v) is 6.68. The average Bonchev–Trinajstić information content (AvgIpc) is 3.22. The lowest BCUT2D eigenvalue weighted by atomic mass is 10.1. The van der Waals surface area contributed by atoms with E-state index in [9.17, 15) is 14.4 Å². The van der Waals surface area contributed by atoms with Crippen LogP contribution in [-0.4, -0.2) is 38.3 Å². The van der Waals surface area contributed by atoms with Gasteiger partial charge in [0.15, 0.2) is 5.76 Å². The Bertz CT molecular complexity index is 1150. The second-order valence-electron chi connectivity index (χ2n) is 6.68. The summed E-state index contributed by atoms with van der Waals surface area (Å²) in [4.78, 5) is 45.2. The number of nitrogens with zero attached hydrogens (tertiary/aromatic N) is 2. The first-order valence-electron chi connectivity index (χ1n) is 8.97. The summed E-state index contributed by atoms with van der Waals surface area (Å²) in [6.07, 6.45) is 0.373. The van der Waals surface area contributed by atoms with Crippen LogP contribution < -0.4 is 11.3 Å². The number of benzene rings is 1. The molecule has 29 heavy (non-hydrogen) atoms. The summed E-state index contributed by atoms with van der Waals surface area (Å²) >= 11 is 0. The largest absolute Gasteiger partial charge is 0.453 e. The molecule has 0 radical (unpaired) electrons. The van der Waals surface area contributed by atoms with Crippen LogP contribution in [0.15, 0.2) is 45.6 Å². The van der Waals surface area contributed by atoms with Gasteiger partial charge in [-0.1, -0.05) is 12.1 Å².